The Bertz CT molecular complexity index is 908. The number of hydrogen-bond donors (Lipinski definition) is 2. The topological polar surface area (TPSA) is 62.5 Å². The molecule has 5 nitrogen and oxygen atoms in total. The number of hydrogen-bond acceptors (Lipinski definition) is 4. The SMILES string of the molecule is Fc1cc(F)cc(-c2ccc(C=NNC(=S)NCc3ccccn3)o2)c1. The van der Waals surface area contributed by atoms with Crippen LogP contribution in [0.25, 0.3) is 11.3 Å². The zero-order valence-electron chi connectivity index (χ0n) is 13.4. The molecule has 2 N–H and O–H groups in total. The largest absolute Gasteiger partial charge is 0.455 e. The Morgan fingerprint density at radius 1 is 1.15 bits per heavy atom. The van der Waals surface area contributed by atoms with Gasteiger partial charge in [-0.25, -0.2) is 8.78 Å². The Labute approximate surface area is 153 Å². The van der Waals surface area contributed by atoms with Crippen molar-refractivity contribution in [2.45, 2.75) is 6.54 Å². The van der Waals surface area contributed by atoms with Gasteiger partial charge in [-0.05, 0) is 48.6 Å². The number of thiocarbonyl (C=S) groups is 1. The van der Waals surface area contributed by atoms with Gasteiger partial charge in [0.2, 0.25) is 0 Å². The van der Waals surface area contributed by atoms with Gasteiger partial charge in [-0.1, -0.05) is 6.07 Å². The lowest BCUT2D eigenvalue weighted by Crippen LogP contribution is -2.31. The van der Waals surface area contributed by atoms with Crippen LogP contribution in [0.15, 0.2) is 64.2 Å². The van der Waals surface area contributed by atoms with Crippen LogP contribution in [-0.2, 0) is 6.54 Å². The molecule has 2 aromatic heterocycles. The zero-order valence-corrected chi connectivity index (χ0v) is 14.3. The van der Waals surface area contributed by atoms with Crippen LogP contribution in [0.3, 0.4) is 0 Å². The van der Waals surface area contributed by atoms with E-state index in [4.69, 9.17) is 16.6 Å². The molecule has 0 amide bonds. The van der Waals surface area contributed by atoms with Crippen molar-refractivity contribution in [3.8, 4) is 11.3 Å². The molecule has 0 fully saturated rings. The van der Waals surface area contributed by atoms with E-state index < -0.39 is 11.6 Å². The molecule has 0 radical (unpaired) electrons. The van der Waals surface area contributed by atoms with Crippen molar-refractivity contribution in [1.29, 1.82) is 0 Å². The van der Waals surface area contributed by atoms with Crippen LogP contribution in [0.5, 0.6) is 0 Å². The summed E-state index contributed by atoms with van der Waals surface area (Å²) in [6.45, 7) is 0.470. The molecule has 0 aliphatic rings. The van der Waals surface area contributed by atoms with Gasteiger partial charge in [0.05, 0.1) is 18.5 Å². The summed E-state index contributed by atoms with van der Waals surface area (Å²) in [7, 11) is 0. The van der Waals surface area contributed by atoms with E-state index in [1.807, 2.05) is 18.2 Å². The van der Waals surface area contributed by atoms with Gasteiger partial charge in [-0.3, -0.25) is 10.4 Å². The quantitative estimate of drug-likeness (QED) is 0.407. The first-order valence-electron chi connectivity index (χ1n) is 7.63. The van der Waals surface area contributed by atoms with Crippen LogP contribution >= 0.6 is 12.2 Å². The van der Waals surface area contributed by atoms with E-state index in [2.05, 4.69) is 20.8 Å². The predicted octanol–water partition coefficient (Wildman–Crippen LogP) is 3.62. The molecule has 0 spiro atoms. The Morgan fingerprint density at radius 3 is 2.69 bits per heavy atom. The van der Waals surface area contributed by atoms with Crippen LogP contribution in [0.2, 0.25) is 0 Å². The minimum Gasteiger partial charge on any atom is -0.455 e. The fourth-order valence-electron chi connectivity index (χ4n) is 2.14. The summed E-state index contributed by atoms with van der Waals surface area (Å²) in [5.74, 6) is -0.597. The van der Waals surface area contributed by atoms with Gasteiger partial charge in [-0.15, -0.1) is 0 Å². The van der Waals surface area contributed by atoms with Gasteiger partial charge < -0.3 is 9.73 Å². The van der Waals surface area contributed by atoms with Crippen LogP contribution in [0.1, 0.15) is 11.5 Å². The Kier molecular flexibility index (Phi) is 5.65. The third-order valence-electron chi connectivity index (χ3n) is 3.29. The number of aromatic nitrogens is 1. The van der Waals surface area contributed by atoms with Crippen molar-refractivity contribution >= 4 is 23.5 Å². The molecule has 0 aliphatic carbocycles. The second-order valence-electron chi connectivity index (χ2n) is 5.23. The molecule has 0 aliphatic heterocycles. The smallest absolute Gasteiger partial charge is 0.187 e. The average Bonchev–Trinajstić information content (AvgIpc) is 3.09. The highest BCUT2D eigenvalue weighted by atomic mass is 32.1. The molecular weight excluding hydrogens is 358 g/mol. The number of hydrazone groups is 1. The van der Waals surface area contributed by atoms with E-state index in [0.717, 1.165) is 11.8 Å². The first-order chi connectivity index (χ1) is 12.6. The van der Waals surface area contributed by atoms with Crippen molar-refractivity contribution in [2.24, 2.45) is 5.10 Å². The van der Waals surface area contributed by atoms with Gasteiger partial charge in [0.15, 0.2) is 5.11 Å². The highest BCUT2D eigenvalue weighted by Gasteiger charge is 2.07. The van der Waals surface area contributed by atoms with Crippen LogP contribution in [0.4, 0.5) is 8.78 Å². The molecule has 26 heavy (non-hydrogen) atoms. The summed E-state index contributed by atoms with van der Waals surface area (Å²) in [5, 5.41) is 7.24. The maximum atomic E-state index is 13.3. The van der Waals surface area contributed by atoms with E-state index in [1.165, 1.54) is 18.3 Å². The Balaban J connectivity index is 1.54. The molecule has 0 bridgehead atoms. The van der Waals surface area contributed by atoms with Gasteiger partial charge in [0, 0.05) is 17.8 Å². The Hall–Kier alpha value is -3.13. The summed E-state index contributed by atoms with van der Waals surface area (Å²) < 4.78 is 32.0. The monoisotopic (exact) mass is 372 g/mol. The summed E-state index contributed by atoms with van der Waals surface area (Å²) in [5.41, 5.74) is 3.80. The average molecular weight is 372 g/mol. The molecule has 132 valence electrons. The number of rotatable bonds is 5. The second-order valence-corrected chi connectivity index (χ2v) is 5.64. The molecule has 3 rings (SSSR count). The van der Waals surface area contributed by atoms with Crippen molar-refractivity contribution < 1.29 is 13.2 Å². The van der Waals surface area contributed by atoms with Gasteiger partial charge in [0.25, 0.3) is 0 Å². The molecular formula is C18H14F2N4OS. The summed E-state index contributed by atoms with van der Waals surface area (Å²) in [6.07, 6.45) is 3.11. The number of furan rings is 1. The van der Waals surface area contributed by atoms with Crippen molar-refractivity contribution in [3.63, 3.8) is 0 Å². The lowest BCUT2D eigenvalue weighted by atomic mass is 10.1. The van der Waals surface area contributed by atoms with E-state index in [1.54, 1.807) is 18.3 Å². The molecule has 8 heteroatoms. The molecule has 0 saturated carbocycles. The zero-order chi connectivity index (χ0) is 18.4. The number of nitrogens with one attached hydrogen (secondary N) is 2. The van der Waals surface area contributed by atoms with E-state index >= 15 is 0 Å². The second kappa shape index (κ2) is 8.30. The van der Waals surface area contributed by atoms with E-state index in [9.17, 15) is 8.78 Å². The third-order valence-corrected chi connectivity index (χ3v) is 3.52. The lowest BCUT2D eigenvalue weighted by molar-refractivity contribution is 0.564. The van der Waals surface area contributed by atoms with Gasteiger partial charge in [0.1, 0.15) is 23.2 Å². The number of benzene rings is 1. The molecule has 2 heterocycles. The van der Waals surface area contributed by atoms with E-state index in [-0.39, 0.29) is 0 Å². The standard InChI is InChI=1S/C18H14F2N4OS/c19-13-7-12(8-14(20)9-13)17-5-4-16(25-17)11-23-24-18(26)22-10-15-3-1-2-6-21-15/h1-9,11H,10H2,(H2,22,24,26). The maximum Gasteiger partial charge on any atom is 0.187 e. The van der Waals surface area contributed by atoms with Crippen molar-refractivity contribution in [2.75, 3.05) is 0 Å². The predicted molar refractivity (Wildman–Crippen MR) is 98.5 cm³/mol. The summed E-state index contributed by atoms with van der Waals surface area (Å²) in [6, 6.07) is 12.0. The number of nitrogens with zero attached hydrogens (tertiary/aromatic N) is 2. The van der Waals surface area contributed by atoms with Crippen molar-refractivity contribution in [3.05, 3.63) is 77.8 Å². The molecule has 0 atom stereocenters. The van der Waals surface area contributed by atoms with Gasteiger partial charge in [-0.2, -0.15) is 5.10 Å². The van der Waals surface area contributed by atoms with Crippen LogP contribution in [0, 0.1) is 11.6 Å². The number of halogens is 2. The molecule has 3 aromatic rings. The maximum absolute atomic E-state index is 13.3. The Morgan fingerprint density at radius 2 is 1.96 bits per heavy atom. The molecule has 0 unspecified atom stereocenters. The normalized spacial score (nSPS) is 10.8. The van der Waals surface area contributed by atoms with Gasteiger partial charge >= 0.3 is 0 Å². The van der Waals surface area contributed by atoms with Crippen LogP contribution < -0.4 is 10.7 Å². The summed E-state index contributed by atoms with van der Waals surface area (Å²) in [4.78, 5) is 4.17. The fraction of sp³-hybridized carbons (Fsp3) is 0.0556. The fourth-order valence-corrected chi connectivity index (χ4v) is 2.27. The van der Waals surface area contributed by atoms with Crippen LogP contribution in [-0.4, -0.2) is 16.3 Å². The minimum atomic E-state index is -0.669. The summed E-state index contributed by atoms with van der Waals surface area (Å²) >= 11 is 5.10. The minimum absolute atomic E-state index is 0.308. The number of pyridine rings is 1. The lowest BCUT2D eigenvalue weighted by Gasteiger charge is -2.05. The highest BCUT2D eigenvalue weighted by Crippen LogP contribution is 2.23. The van der Waals surface area contributed by atoms with E-state index in [0.29, 0.717) is 28.7 Å². The molecule has 1 aromatic carbocycles. The first-order valence-corrected chi connectivity index (χ1v) is 8.04. The first kappa shape index (κ1) is 17.7. The molecule has 0 saturated heterocycles. The highest BCUT2D eigenvalue weighted by molar-refractivity contribution is 7.80. The third kappa shape index (κ3) is 4.93. The van der Waals surface area contributed by atoms with Crippen molar-refractivity contribution in [1.82, 2.24) is 15.7 Å².